The zero-order valence-electron chi connectivity index (χ0n) is 13.2. The van der Waals surface area contributed by atoms with Crippen molar-refractivity contribution < 1.29 is 13.2 Å². The van der Waals surface area contributed by atoms with Crippen molar-refractivity contribution in [2.24, 2.45) is 0 Å². The van der Waals surface area contributed by atoms with E-state index in [0.29, 0.717) is 23.7 Å². The van der Waals surface area contributed by atoms with Crippen LogP contribution in [0.25, 0.3) is 6.08 Å². The molecule has 1 atom stereocenters. The monoisotopic (exact) mass is 358 g/mol. The Kier molecular flexibility index (Phi) is 7.05. The van der Waals surface area contributed by atoms with Crippen LogP contribution in [0.1, 0.15) is 18.4 Å². The van der Waals surface area contributed by atoms with Crippen molar-refractivity contribution in [2.45, 2.75) is 18.9 Å². The highest BCUT2D eigenvalue weighted by Gasteiger charge is 2.22. The molecule has 0 amide bonds. The number of halogens is 1. The second-order valence-electron chi connectivity index (χ2n) is 5.62. The number of rotatable bonds is 7. The number of benzene rings is 1. The molecule has 1 N–H and O–H groups in total. The van der Waals surface area contributed by atoms with Gasteiger partial charge in [-0.25, -0.2) is 13.1 Å². The normalized spacial score (nSPS) is 20.2. The van der Waals surface area contributed by atoms with E-state index in [0.717, 1.165) is 25.9 Å². The van der Waals surface area contributed by atoms with Crippen LogP contribution in [0.15, 0.2) is 29.7 Å². The van der Waals surface area contributed by atoms with E-state index in [-0.39, 0.29) is 6.04 Å². The lowest BCUT2D eigenvalue weighted by atomic mass is 10.1. The van der Waals surface area contributed by atoms with Crippen molar-refractivity contribution in [3.05, 3.63) is 40.3 Å². The number of methoxy groups -OCH3 is 1. The lowest BCUT2D eigenvalue weighted by Crippen LogP contribution is -2.47. The van der Waals surface area contributed by atoms with E-state index in [1.807, 2.05) is 12.1 Å². The summed E-state index contributed by atoms with van der Waals surface area (Å²) in [5.74, 6) is 0. The van der Waals surface area contributed by atoms with Gasteiger partial charge in [-0.05, 0) is 37.1 Å². The summed E-state index contributed by atoms with van der Waals surface area (Å²) in [4.78, 5) is 2.22. The first-order valence-corrected chi connectivity index (χ1v) is 9.59. The lowest BCUT2D eigenvalue weighted by Gasteiger charge is -2.32. The first kappa shape index (κ1) is 18.4. The first-order valence-electron chi connectivity index (χ1n) is 7.66. The van der Waals surface area contributed by atoms with Crippen molar-refractivity contribution in [3.8, 4) is 0 Å². The van der Waals surface area contributed by atoms with Gasteiger partial charge in [0.1, 0.15) is 0 Å². The molecule has 1 heterocycles. The third-order valence-electron chi connectivity index (χ3n) is 3.78. The molecule has 0 saturated carbocycles. The van der Waals surface area contributed by atoms with E-state index in [2.05, 4.69) is 9.62 Å². The molecule has 1 aliphatic rings. The zero-order valence-corrected chi connectivity index (χ0v) is 14.8. The summed E-state index contributed by atoms with van der Waals surface area (Å²) in [6.45, 7) is 3.18. The van der Waals surface area contributed by atoms with E-state index >= 15 is 0 Å². The van der Waals surface area contributed by atoms with Gasteiger partial charge in [-0.3, -0.25) is 4.90 Å². The van der Waals surface area contributed by atoms with Crippen LogP contribution in [-0.4, -0.2) is 52.7 Å². The van der Waals surface area contributed by atoms with Crippen LogP contribution in [0, 0.1) is 0 Å². The number of piperidine rings is 1. The third-order valence-corrected chi connectivity index (χ3v) is 5.28. The number of likely N-dealkylation sites (tertiary alicyclic amines) is 1. The molecule has 128 valence electrons. The maximum absolute atomic E-state index is 12.2. The van der Waals surface area contributed by atoms with Gasteiger partial charge in [-0.15, -0.1) is 0 Å². The minimum atomic E-state index is -3.49. The predicted molar refractivity (Wildman–Crippen MR) is 93.9 cm³/mol. The maximum Gasteiger partial charge on any atom is 0.234 e. The van der Waals surface area contributed by atoms with Gasteiger partial charge in [-0.2, -0.15) is 0 Å². The SMILES string of the molecule is COCCN1CCCC(NS(=O)(=O)C=Cc2ccccc2Cl)C1. The molecule has 7 heteroatoms. The van der Waals surface area contributed by atoms with Crippen LogP contribution < -0.4 is 4.72 Å². The molecule has 0 aromatic heterocycles. The third kappa shape index (κ3) is 6.24. The topological polar surface area (TPSA) is 58.6 Å². The smallest absolute Gasteiger partial charge is 0.234 e. The van der Waals surface area contributed by atoms with Crippen LogP contribution in [0.3, 0.4) is 0 Å². The van der Waals surface area contributed by atoms with Crippen molar-refractivity contribution in [1.82, 2.24) is 9.62 Å². The van der Waals surface area contributed by atoms with Gasteiger partial charge >= 0.3 is 0 Å². The number of nitrogens with one attached hydrogen (secondary N) is 1. The predicted octanol–water partition coefficient (Wildman–Crippen LogP) is 2.34. The summed E-state index contributed by atoms with van der Waals surface area (Å²) in [6, 6.07) is 7.07. The summed E-state index contributed by atoms with van der Waals surface area (Å²) in [7, 11) is -1.82. The highest BCUT2D eigenvalue weighted by Crippen LogP contribution is 2.17. The molecule has 1 saturated heterocycles. The van der Waals surface area contributed by atoms with E-state index in [9.17, 15) is 8.42 Å². The number of nitrogens with zero attached hydrogens (tertiary/aromatic N) is 1. The van der Waals surface area contributed by atoms with E-state index in [1.165, 1.54) is 11.5 Å². The minimum Gasteiger partial charge on any atom is -0.383 e. The largest absolute Gasteiger partial charge is 0.383 e. The van der Waals surface area contributed by atoms with Crippen LogP contribution >= 0.6 is 11.6 Å². The molecule has 0 aliphatic carbocycles. The molecular formula is C16H23ClN2O3S. The Bertz CT molecular complexity index is 634. The van der Waals surface area contributed by atoms with Crippen LogP contribution in [0.2, 0.25) is 5.02 Å². The molecule has 0 bridgehead atoms. The molecule has 1 aliphatic heterocycles. The molecule has 1 fully saturated rings. The summed E-state index contributed by atoms with van der Waals surface area (Å²) in [6.07, 6.45) is 3.35. The lowest BCUT2D eigenvalue weighted by molar-refractivity contribution is 0.126. The zero-order chi connectivity index (χ0) is 16.7. The van der Waals surface area contributed by atoms with Crippen molar-refractivity contribution in [3.63, 3.8) is 0 Å². The molecular weight excluding hydrogens is 336 g/mol. The first-order chi connectivity index (χ1) is 11.0. The number of sulfonamides is 1. The van der Waals surface area contributed by atoms with Gasteiger partial charge in [0.05, 0.1) is 6.61 Å². The van der Waals surface area contributed by atoms with Gasteiger partial charge in [0.25, 0.3) is 0 Å². The Hall–Kier alpha value is -0.920. The van der Waals surface area contributed by atoms with Crippen LogP contribution in [0.5, 0.6) is 0 Å². The van der Waals surface area contributed by atoms with E-state index in [4.69, 9.17) is 16.3 Å². The highest BCUT2D eigenvalue weighted by molar-refractivity contribution is 7.92. The highest BCUT2D eigenvalue weighted by atomic mass is 35.5. The quantitative estimate of drug-likeness (QED) is 0.812. The van der Waals surface area contributed by atoms with Gasteiger partial charge in [0.2, 0.25) is 10.0 Å². The van der Waals surface area contributed by atoms with Crippen LogP contribution in [0.4, 0.5) is 0 Å². The van der Waals surface area contributed by atoms with Crippen molar-refractivity contribution >= 4 is 27.7 Å². The Morgan fingerprint density at radius 1 is 1.43 bits per heavy atom. The summed E-state index contributed by atoms with van der Waals surface area (Å²) < 4.78 is 32.3. The Morgan fingerprint density at radius 2 is 2.22 bits per heavy atom. The molecule has 0 radical (unpaired) electrons. The van der Waals surface area contributed by atoms with E-state index < -0.39 is 10.0 Å². The molecule has 0 spiro atoms. The van der Waals surface area contributed by atoms with Crippen molar-refractivity contribution in [2.75, 3.05) is 33.4 Å². The Labute approximate surface area is 143 Å². The minimum absolute atomic E-state index is 0.0681. The molecule has 1 unspecified atom stereocenters. The molecule has 2 rings (SSSR count). The maximum atomic E-state index is 12.2. The molecule has 1 aromatic rings. The average molecular weight is 359 g/mol. The number of ether oxygens (including phenoxy) is 1. The molecule has 1 aromatic carbocycles. The fourth-order valence-corrected chi connectivity index (χ4v) is 3.88. The standard InChI is InChI=1S/C16H23ClN2O3S/c1-22-11-10-19-9-4-6-15(13-19)18-23(20,21)12-8-14-5-2-3-7-16(14)17/h2-3,5,7-8,12,15,18H,4,6,9-11,13H2,1H3. The molecule has 5 nitrogen and oxygen atoms in total. The molecule has 23 heavy (non-hydrogen) atoms. The Balaban J connectivity index is 1.94. The number of hydrogen-bond donors (Lipinski definition) is 1. The van der Waals surface area contributed by atoms with Gasteiger partial charge in [0, 0.05) is 36.7 Å². The fraction of sp³-hybridized carbons (Fsp3) is 0.500. The van der Waals surface area contributed by atoms with Gasteiger partial charge < -0.3 is 4.74 Å². The van der Waals surface area contributed by atoms with Crippen LogP contribution in [-0.2, 0) is 14.8 Å². The van der Waals surface area contributed by atoms with Gasteiger partial charge in [-0.1, -0.05) is 29.8 Å². The number of hydrogen-bond acceptors (Lipinski definition) is 4. The van der Waals surface area contributed by atoms with Gasteiger partial charge in [0.15, 0.2) is 0 Å². The second-order valence-corrected chi connectivity index (χ2v) is 7.62. The second kappa shape index (κ2) is 8.80. The van der Waals surface area contributed by atoms with E-state index in [1.54, 1.807) is 19.2 Å². The average Bonchev–Trinajstić information content (AvgIpc) is 2.52. The summed E-state index contributed by atoms with van der Waals surface area (Å²) in [5, 5.41) is 1.71. The summed E-state index contributed by atoms with van der Waals surface area (Å²) in [5.41, 5.74) is 0.685. The van der Waals surface area contributed by atoms with Crippen molar-refractivity contribution in [1.29, 1.82) is 0 Å². The Morgan fingerprint density at radius 3 is 2.96 bits per heavy atom. The summed E-state index contributed by atoms with van der Waals surface area (Å²) >= 11 is 6.03. The fourth-order valence-electron chi connectivity index (χ4n) is 2.62.